The summed E-state index contributed by atoms with van der Waals surface area (Å²) >= 11 is 3.40. The third kappa shape index (κ3) is 5.69. The average Bonchev–Trinajstić information content (AvgIpc) is 2.87. The standard InChI is InChI=1S/C18H24BrN3O2.ClH/c1-11-6-13(19)2-5-16(11)22-18(24)10-20-17(23)9-12-7-14-3-4-15(8-12)21-14;/h2,5-6,12,14-15,21H,3-4,7-10H2,1H3,(H,20,23)(H,22,24);1H. The predicted octanol–water partition coefficient (Wildman–Crippen LogP) is 3.15. The summed E-state index contributed by atoms with van der Waals surface area (Å²) in [5, 5.41) is 9.17. The number of aryl methyl sites for hydroxylation is 1. The van der Waals surface area contributed by atoms with Crippen LogP contribution in [0.3, 0.4) is 0 Å². The van der Waals surface area contributed by atoms with Crippen molar-refractivity contribution in [3.63, 3.8) is 0 Å². The first kappa shape index (κ1) is 20.2. The molecule has 3 rings (SSSR count). The highest BCUT2D eigenvalue weighted by molar-refractivity contribution is 9.10. The Morgan fingerprint density at radius 3 is 2.52 bits per heavy atom. The third-order valence-electron chi connectivity index (χ3n) is 4.95. The molecule has 2 unspecified atom stereocenters. The van der Waals surface area contributed by atoms with E-state index in [1.165, 1.54) is 12.8 Å². The highest BCUT2D eigenvalue weighted by Gasteiger charge is 2.34. The number of hydrogen-bond donors (Lipinski definition) is 3. The van der Waals surface area contributed by atoms with Crippen molar-refractivity contribution in [1.29, 1.82) is 0 Å². The van der Waals surface area contributed by atoms with Crippen LogP contribution in [0.5, 0.6) is 0 Å². The number of carbonyl (C=O) groups excluding carboxylic acids is 2. The average molecular weight is 431 g/mol. The Hall–Kier alpha value is -1.11. The van der Waals surface area contributed by atoms with Crippen molar-refractivity contribution in [3.8, 4) is 0 Å². The Labute approximate surface area is 163 Å². The lowest BCUT2D eigenvalue weighted by Crippen LogP contribution is -2.40. The SMILES string of the molecule is Cc1cc(Br)ccc1NC(=O)CNC(=O)CC1CC2CCC(C1)N2.Cl. The normalized spacial score (nSPS) is 24.3. The zero-order chi connectivity index (χ0) is 17.1. The molecule has 1 aromatic rings. The van der Waals surface area contributed by atoms with Crippen molar-refractivity contribution in [1.82, 2.24) is 10.6 Å². The minimum absolute atomic E-state index is 0. The van der Waals surface area contributed by atoms with Gasteiger partial charge in [0.2, 0.25) is 11.8 Å². The van der Waals surface area contributed by atoms with Crippen molar-refractivity contribution in [2.24, 2.45) is 5.92 Å². The predicted molar refractivity (Wildman–Crippen MR) is 105 cm³/mol. The van der Waals surface area contributed by atoms with Crippen LogP contribution in [-0.4, -0.2) is 30.4 Å². The zero-order valence-electron chi connectivity index (χ0n) is 14.3. The molecule has 138 valence electrons. The fourth-order valence-corrected chi connectivity index (χ4v) is 4.29. The molecule has 2 fully saturated rings. The Morgan fingerprint density at radius 2 is 1.88 bits per heavy atom. The largest absolute Gasteiger partial charge is 0.347 e. The zero-order valence-corrected chi connectivity index (χ0v) is 16.7. The number of amides is 2. The summed E-state index contributed by atoms with van der Waals surface area (Å²) < 4.78 is 0.974. The first-order valence-corrected chi connectivity index (χ1v) is 9.37. The molecule has 2 saturated heterocycles. The van der Waals surface area contributed by atoms with Gasteiger partial charge in [-0.1, -0.05) is 15.9 Å². The van der Waals surface area contributed by atoms with Crippen molar-refractivity contribution < 1.29 is 9.59 Å². The molecule has 2 amide bonds. The molecule has 0 saturated carbocycles. The molecule has 7 heteroatoms. The molecule has 5 nitrogen and oxygen atoms in total. The molecule has 0 aromatic heterocycles. The second kappa shape index (κ2) is 9.01. The van der Waals surface area contributed by atoms with Gasteiger partial charge in [0.1, 0.15) is 0 Å². The van der Waals surface area contributed by atoms with Crippen molar-refractivity contribution >= 4 is 45.8 Å². The van der Waals surface area contributed by atoms with Gasteiger partial charge < -0.3 is 16.0 Å². The molecule has 0 spiro atoms. The molecule has 2 aliphatic heterocycles. The lowest BCUT2D eigenvalue weighted by molar-refractivity contribution is -0.125. The van der Waals surface area contributed by atoms with E-state index in [2.05, 4.69) is 31.9 Å². The summed E-state index contributed by atoms with van der Waals surface area (Å²) in [5.74, 6) is 0.226. The van der Waals surface area contributed by atoms with E-state index in [-0.39, 0.29) is 30.8 Å². The second-order valence-electron chi connectivity index (χ2n) is 6.96. The smallest absolute Gasteiger partial charge is 0.243 e. The maximum Gasteiger partial charge on any atom is 0.243 e. The number of piperidine rings is 1. The van der Waals surface area contributed by atoms with Crippen molar-refractivity contribution in [3.05, 3.63) is 28.2 Å². The Balaban J connectivity index is 0.00000225. The quantitative estimate of drug-likeness (QED) is 0.672. The fraction of sp³-hybridized carbons (Fsp3) is 0.556. The minimum Gasteiger partial charge on any atom is -0.347 e. The monoisotopic (exact) mass is 429 g/mol. The number of nitrogens with one attached hydrogen (secondary N) is 3. The molecule has 2 aliphatic rings. The van der Waals surface area contributed by atoms with E-state index in [9.17, 15) is 9.59 Å². The summed E-state index contributed by atoms with van der Waals surface area (Å²) in [5.41, 5.74) is 1.75. The number of anilines is 1. The highest BCUT2D eigenvalue weighted by atomic mass is 79.9. The van der Waals surface area contributed by atoms with Gasteiger partial charge in [-0.2, -0.15) is 0 Å². The third-order valence-corrected chi connectivity index (χ3v) is 5.45. The van der Waals surface area contributed by atoms with Crippen LogP contribution in [0.15, 0.2) is 22.7 Å². The Kier molecular flexibility index (Phi) is 7.28. The summed E-state index contributed by atoms with van der Waals surface area (Å²) in [4.78, 5) is 24.1. The van der Waals surface area contributed by atoms with E-state index < -0.39 is 0 Å². The molecule has 2 heterocycles. The van der Waals surface area contributed by atoms with E-state index in [4.69, 9.17) is 0 Å². The van der Waals surface area contributed by atoms with Crippen molar-refractivity contribution in [2.75, 3.05) is 11.9 Å². The molecule has 0 radical (unpaired) electrons. The van der Waals surface area contributed by atoms with Gasteiger partial charge in [0, 0.05) is 28.7 Å². The number of carbonyl (C=O) groups is 2. The van der Waals surface area contributed by atoms with Gasteiger partial charge in [-0.3, -0.25) is 9.59 Å². The van der Waals surface area contributed by atoms with Crippen LogP contribution in [0.1, 0.15) is 37.7 Å². The van der Waals surface area contributed by atoms with Crippen LogP contribution in [0, 0.1) is 12.8 Å². The first-order chi connectivity index (χ1) is 11.5. The second-order valence-corrected chi connectivity index (χ2v) is 7.88. The lowest BCUT2D eigenvalue weighted by atomic mass is 9.89. The molecule has 0 aliphatic carbocycles. The van der Waals surface area contributed by atoms with Gasteiger partial charge in [0.25, 0.3) is 0 Å². The van der Waals surface area contributed by atoms with Gasteiger partial charge in [-0.15, -0.1) is 12.4 Å². The molecule has 2 atom stereocenters. The van der Waals surface area contributed by atoms with Gasteiger partial charge >= 0.3 is 0 Å². The summed E-state index contributed by atoms with van der Waals surface area (Å²) in [6, 6.07) is 6.85. The fourth-order valence-electron chi connectivity index (χ4n) is 3.82. The molecular weight excluding hydrogens is 406 g/mol. The maximum absolute atomic E-state index is 12.1. The van der Waals surface area contributed by atoms with Gasteiger partial charge in [0.05, 0.1) is 6.54 Å². The lowest BCUT2D eigenvalue weighted by Gasteiger charge is -2.28. The topological polar surface area (TPSA) is 70.2 Å². The molecule has 3 N–H and O–H groups in total. The van der Waals surface area contributed by atoms with Crippen LogP contribution < -0.4 is 16.0 Å². The number of rotatable bonds is 5. The van der Waals surface area contributed by atoms with Crippen LogP contribution in [0.25, 0.3) is 0 Å². The van der Waals surface area contributed by atoms with Crippen LogP contribution in [0.4, 0.5) is 5.69 Å². The van der Waals surface area contributed by atoms with E-state index in [1.807, 2.05) is 25.1 Å². The van der Waals surface area contributed by atoms with E-state index in [1.54, 1.807) is 0 Å². The number of benzene rings is 1. The number of halogens is 2. The highest BCUT2D eigenvalue weighted by Crippen LogP contribution is 2.32. The summed E-state index contributed by atoms with van der Waals surface area (Å²) in [6.07, 6.45) is 5.15. The van der Waals surface area contributed by atoms with Gasteiger partial charge in [-0.05, 0) is 62.3 Å². The van der Waals surface area contributed by atoms with E-state index >= 15 is 0 Å². The molecule has 1 aromatic carbocycles. The maximum atomic E-state index is 12.1. The number of hydrogen-bond acceptors (Lipinski definition) is 3. The van der Waals surface area contributed by atoms with E-state index in [0.29, 0.717) is 24.4 Å². The molecule has 2 bridgehead atoms. The van der Waals surface area contributed by atoms with Crippen LogP contribution >= 0.6 is 28.3 Å². The van der Waals surface area contributed by atoms with Gasteiger partial charge in [-0.25, -0.2) is 0 Å². The Bertz CT molecular complexity index is 629. The minimum atomic E-state index is -0.195. The molecule has 25 heavy (non-hydrogen) atoms. The number of fused-ring (bicyclic) bond motifs is 2. The first-order valence-electron chi connectivity index (χ1n) is 8.58. The summed E-state index contributed by atoms with van der Waals surface area (Å²) in [7, 11) is 0. The van der Waals surface area contributed by atoms with Crippen molar-refractivity contribution in [2.45, 2.75) is 51.1 Å². The van der Waals surface area contributed by atoms with Gasteiger partial charge in [0.15, 0.2) is 0 Å². The summed E-state index contributed by atoms with van der Waals surface area (Å²) in [6.45, 7) is 1.95. The Morgan fingerprint density at radius 1 is 1.20 bits per heavy atom. The van der Waals surface area contributed by atoms with E-state index in [0.717, 1.165) is 28.6 Å². The van der Waals surface area contributed by atoms with Crippen LogP contribution in [-0.2, 0) is 9.59 Å². The van der Waals surface area contributed by atoms with Crippen LogP contribution in [0.2, 0.25) is 0 Å². The molecular formula is C18H25BrClN3O2.